The van der Waals surface area contributed by atoms with E-state index in [1.54, 1.807) is 18.4 Å². The molecule has 4 aromatic rings. The fraction of sp³-hybridized carbons (Fsp3) is 0.182. The van der Waals surface area contributed by atoms with E-state index < -0.39 is 0 Å². The monoisotopic (exact) mass is 391 g/mol. The summed E-state index contributed by atoms with van der Waals surface area (Å²) in [6.07, 6.45) is 3.01. The zero-order chi connectivity index (χ0) is 19.3. The molecule has 142 valence electrons. The van der Waals surface area contributed by atoms with E-state index in [2.05, 4.69) is 15.3 Å². The summed E-state index contributed by atoms with van der Waals surface area (Å²) < 4.78 is 5.19. The molecule has 4 rings (SSSR count). The van der Waals surface area contributed by atoms with Crippen LogP contribution in [0.25, 0.3) is 22.2 Å². The summed E-state index contributed by atoms with van der Waals surface area (Å²) in [6, 6.07) is 15.9. The first-order valence-electron chi connectivity index (χ1n) is 9.13. The molecule has 0 fully saturated rings. The number of hydrogen-bond donors (Lipinski definition) is 2. The lowest BCUT2D eigenvalue weighted by Gasteiger charge is -2.03. The highest BCUT2D eigenvalue weighted by Gasteiger charge is 2.09. The van der Waals surface area contributed by atoms with Crippen molar-refractivity contribution in [1.29, 1.82) is 0 Å². The molecular formula is C22H21N3O2S. The second kappa shape index (κ2) is 8.27. The van der Waals surface area contributed by atoms with Gasteiger partial charge in [-0.15, -0.1) is 11.3 Å². The van der Waals surface area contributed by atoms with Gasteiger partial charge in [0.2, 0.25) is 5.91 Å². The van der Waals surface area contributed by atoms with Gasteiger partial charge in [-0.1, -0.05) is 18.2 Å². The van der Waals surface area contributed by atoms with Crippen molar-refractivity contribution in [2.24, 2.45) is 0 Å². The lowest BCUT2D eigenvalue weighted by molar-refractivity contribution is -0.120. The highest BCUT2D eigenvalue weighted by Crippen LogP contribution is 2.24. The van der Waals surface area contributed by atoms with Gasteiger partial charge < -0.3 is 15.0 Å². The van der Waals surface area contributed by atoms with Crippen molar-refractivity contribution in [3.05, 3.63) is 70.7 Å². The SMILES string of the molecule is COc1ccc(-c2csc(CCNC(=O)Cc3c[nH]c4ccccc34)n2)cc1. The fourth-order valence-corrected chi connectivity index (χ4v) is 3.95. The molecule has 0 aliphatic heterocycles. The Kier molecular flexibility index (Phi) is 5.39. The van der Waals surface area contributed by atoms with Crippen molar-refractivity contribution in [2.45, 2.75) is 12.8 Å². The molecule has 2 heterocycles. The first kappa shape index (κ1) is 18.3. The molecule has 0 spiro atoms. The highest BCUT2D eigenvalue weighted by molar-refractivity contribution is 7.09. The Morgan fingerprint density at radius 3 is 2.82 bits per heavy atom. The highest BCUT2D eigenvalue weighted by atomic mass is 32.1. The number of methoxy groups -OCH3 is 1. The van der Waals surface area contributed by atoms with E-state index in [0.29, 0.717) is 13.0 Å². The number of para-hydroxylation sites is 1. The number of aromatic nitrogens is 2. The van der Waals surface area contributed by atoms with Crippen LogP contribution in [0.5, 0.6) is 5.75 Å². The van der Waals surface area contributed by atoms with Gasteiger partial charge in [-0.25, -0.2) is 4.98 Å². The quantitative estimate of drug-likeness (QED) is 0.496. The van der Waals surface area contributed by atoms with E-state index in [0.717, 1.165) is 44.9 Å². The first-order chi connectivity index (χ1) is 13.7. The van der Waals surface area contributed by atoms with Crippen LogP contribution < -0.4 is 10.1 Å². The Morgan fingerprint density at radius 1 is 1.18 bits per heavy atom. The molecule has 0 aliphatic rings. The minimum Gasteiger partial charge on any atom is -0.497 e. The van der Waals surface area contributed by atoms with Gasteiger partial charge in [0.15, 0.2) is 0 Å². The number of nitrogens with one attached hydrogen (secondary N) is 2. The van der Waals surface area contributed by atoms with E-state index in [1.165, 1.54) is 0 Å². The van der Waals surface area contributed by atoms with Crippen LogP contribution in [0.3, 0.4) is 0 Å². The van der Waals surface area contributed by atoms with Gasteiger partial charge in [-0.05, 0) is 35.9 Å². The zero-order valence-electron chi connectivity index (χ0n) is 15.6. The molecule has 0 bridgehead atoms. The lowest BCUT2D eigenvalue weighted by atomic mass is 10.1. The summed E-state index contributed by atoms with van der Waals surface area (Å²) in [5.41, 5.74) is 4.09. The number of benzene rings is 2. The number of thiazole rings is 1. The Morgan fingerprint density at radius 2 is 2.00 bits per heavy atom. The van der Waals surface area contributed by atoms with Crippen LogP contribution in [0.4, 0.5) is 0 Å². The molecule has 0 saturated carbocycles. The summed E-state index contributed by atoms with van der Waals surface area (Å²) in [7, 11) is 1.66. The Bertz CT molecular complexity index is 1080. The van der Waals surface area contributed by atoms with Gasteiger partial charge in [0.05, 0.1) is 24.2 Å². The van der Waals surface area contributed by atoms with Crippen molar-refractivity contribution in [2.75, 3.05) is 13.7 Å². The lowest BCUT2D eigenvalue weighted by Crippen LogP contribution is -2.27. The fourth-order valence-electron chi connectivity index (χ4n) is 3.14. The molecule has 28 heavy (non-hydrogen) atoms. The van der Waals surface area contributed by atoms with Crippen molar-refractivity contribution in [1.82, 2.24) is 15.3 Å². The maximum Gasteiger partial charge on any atom is 0.224 e. The number of fused-ring (bicyclic) bond motifs is 1. The topological polar surface area (TPSA) is 67.0 Å². The average Bonchev–Trinajstić information content (AvgIpc) is 3.36. The van der Waals surface area contributed by atoms with Gasteiger partial charge in [-0.3, -0.25) is 4.79 Å². The largest absolute Gasteiger partial charge is 0.497 e. The third-order valence-corrected chi connectivity index (χ3v) is 5.53. The Labute approximate surface area is 167 Å². The molecule has 0 atom stereocenters. The third-order valence-electron chi connectivity index (χ3n) is 4.62. The van der Waals surface area contributed by atoms with Crippen LogP contribution in [0.15, 0.2) is 60.1 Å². The maximum atomic E-state index is 12.3. The number of carbonyl (C=O) groups is 1. The van der Waals surface area contributed by atoms with Crippen LogP contribution >= 0.6 is 11.3 Å². The van der Waals surface area contributed by atoms with Crippen LogP contribution in [0.1, 0.15) is 10.6 Å². The molecule has 1 amide bonds. The number of rotatable bonds is 7. The molecule has 0 saturated heterocycles. The van der Waals surface area contributed by atoms with Gasteiger partial charge in [0.1, 0.15) is 5.75 Å². The maximum absolute atomic E-state index is 12.3. The van der Waals surface area contributed by atoms with Crippen LogP contribution in [0, 0.1) is 0 Å². The van der Waals surface area contributed by atoms with Crippen molar-refractivity contribution < 1.29 is 9.53 Å². The van der Waals surface area contributed by atoms with E-state index in [4.69, 9.17) is 4.74 Å². The normalized spacial score (nSPS) is 10.9. The number of hydrogen-bond acceptors (Lipinski definition) is 4. The van der Waals surface area contributed by atoms with Crippen LogP contribution in [0.2, 0.25) is 0 Å². The summed E-state index contributed by atoms with van der Waals surface area (Å²) in [6.45, 7) is 0.580. The summed E-state index contributed by atoms with van der Waals surface area (Å²) >= 11 is 1.61. The van der Waals surface area contributed by atoms with Crippen molar-refractivity contribution in [3.63, 3.8) is 0 Å². The van der Waals surface area contributed by atoms with Gasteiger partial charge >= 0.3 is 0 Å². The first-order valence-corrected chi connectivity index (χ1v) is 10.0. The average molecular weight is 391 g/mol. The molecule has 2 N–H and O–H groups in total. The number of H-pyrrole nitrogens is 1. The van der Waals surface area contributed by atoms with Gasteiger partial charge in [0, 0.05) is 41.0 Å². The molecule has 2 aromatic heterocycles. The van der Waals surface area contributed by atoms with E-state index in [-0.39, 0.29) is 5.91 Å². The minimum atomic E-state index is 0.0247. The number of aromatic amines is 1. The van der Waals surface area contributed by atoms with E-state index in [1.807, 2.05) is 60.1 Å². The summed E-state index contributed by atoms with van der Waals surface area (Å²) in [4.78, 5) is 20.2. The van der Waals surface area contributed by atoms with Gasteiger partial charge in [0.25, 0.3) is 0 Å². The predicted octanol–water partition coefficient (Wildman–Crippen LogP) is 4.20. The minimum absolute atomic E-state index is 0.0247. The number of nitrogens with zero attached hydrogens (tertiary/aromatic N) is 1. The zero-order valence-corrected chi connectivity index (χ0v) is 16.4. The molecule has 2 aromatic carbocycles. The molecule has 6 heteroatoms. The van der Waals surface area contributed by atoms with Crippen molar-refractivity contribution in [3.8, 4) is 17.0 Å². The summed E-state index contributed by atoms with van der Waals surface area (Å²) in [5, 5.41) is 7.15. The number of ether oxygens (including phenoxy) is 1. The van der Waals surface area contributed by atoms with E-state index >= 15 is 0 Å². The van der Waals surface area contributed by atoms with Crippen molar-refractivity contribution >= 4 is 28.1 Å². The molecular weight excluding hydrogens is 370 g/mol. The standard InChI is InChI=1S/C22H21N3O2S/c1-27-17-8-6-15(7-9-17)20-14-28-22(25-20)10-11-23-21(26)12-16-13-24-19-5-3-2-4-18(16)19/h2-9,13-14,24H,10-12H2,1H3,(H,23,26). The second-order valence-corrected chi connectivity index (χ2v) is 7.43. The number of amides is 1. The van der Waals surface area contributed by atoms with E-state index in [9.17, 15) is 4.79 Å². The number of carbonyl (C=O) groups excluding carboxylic acids is 1. The molecule has 0 radical (unpaired) electrons. The van der Waals surface area contributed by atoms with Gasteiger partial charge in [-0.2, -0.15) is 0 Å². The molecule has 0 aliphatic carbocycles. The Hall–Kier alpha value is -3.12. The third kappa shape index (κ3) is 4.07. The Balaban J connectivity index is 1.30. The van der Waals surface area contributed by atoms with Crippen LogP contribution in [-0.4, -0.2) is 29.5 Å². The smallest absolute Gasteiger partial charge is 0.224 e. The van der Waals surface area contributed by atoms with Crippen LogP contribution in [-0.2, 0) is 17.6 Å². The molecule has 5 nitrogen and oxygen atoms in total. The molecule has 0 unspecified atom stereocenters. The predicted molar refractivity (Wildman–Crippen MR) is 113 cm³/mol. The second-order valence-electron chi connectivity index (χ2n) is 6.49. The summed E-state index contributed by atoms with van der Waals surface area (Å²) in [5.74, 6) is 0.855.